The van der Waals surface area contributed by atoms with Crippen molar-refractivity contribution in [2.24, 2.45) is 0 Å². The van der Waals surface area contributed by atoms with Crippen LogP contribution >= 0.6 is 0 Å². The summed E-state index contributed by atoms with van der Waals surface area (Å²) in [4.78, 5) is 10.9. The Bertz CT molecular complexity index is 281. The molecule has 2 heteroatoms. The molecule has 0 bridgehead atoms. The van der Waals surface area contributed by atoms with Crippen LogP contribution in [0.4, 0.5) is 0 Å². The van der Waals surface area contributed by atoms with E-state index in [1.165, 1.54) is 5.56 Å². The summed E-state index contributed by atoms with van der Waals surface area (Å²) in [5.74, 6) is 0.528. The van der Waals surface area contributed by atoms with Gasteiger partial charge in [0.25, 0.3) is 0 Å². The van der Waals surface area contributed by atoms with Crippen LogP contribution in [0, 0.1) is 6.07 Å². The zero-order valence-electron chi connectivity index (χ0n) is 6.71. The Morgan fingerprint density at radius 1 is 1.42 bits per heavy atom. The number of amides is 1. The smallest absolute Gasteiger partial charge is 0.220 e. The first-order valence-electron chi connectivity index (χ1n) is 4.09. The maximum absolute atomic E-state index is 10.9. The lowest BCUT2D eigenvalue weighted by atomic mass is 9.99. The highest BCUT2D eigenvalue weighted by Gasteiger charge is 2.22. The largest absolute Gasteiger partial charge is 0.355 e. The Morgan fingerprint density at radius 3 is 2.75 bits per heavy atom. The lowest BCUT2D eigenvalue weighted by molar-refractivity contribution is -0.119. The zero-order valence-corrected chi connectivity index (χ0v) is 6.71. The molecule has 2 nitrogen and oxygen atoms in total. The van der Waals surface area contributed by atoms with Gasteiger partial charge >= 0.3 is 0 Å². The van der Waals surface area contributed by atoms with Crippen LogP contribution in [-0.4, -0.2) is 12.5 Å². The van der Waals surface area contributed by atoms with E-state index in [0.29, 0.717) is 12.3 Å². The summed E-state index contributed by atoms with van der Waals surface area (Å²) in [6.07, 6.45) is 0.629. The average molecular weight is 160 g/mol. The fraction of sp³-hybridized carbons (Fsp3) is 0.300. The third kappa shape index (κ3) is 1.33. The van der Waals surface area contributed by atoms with Gasteiger partial charge in [-0.3, -0.25) is 4.79 Å². The molecule has 1 amide bonds. The third-order valence-electron chi connectivity index (χ3n) is 2.19. The Morgan fingerprint density at radius 2 is 2.17 bits per heavy atom. The number of hydrogen-bond acceptors (Lipinski definition) is 1. The molecule has 1 aliphatic heterocycles. The fourth-order valence-electron chi connectivity index (χ4n) is 1.51. The molecule has 0 aromatic heterocycles. The predicted octanol–water partition coefficient (Wildman–Crippen LogP) is 1.09. The Labute approximate surface area is 71.6 Å². The minimum atomic E-state index is 0.160. The number of benzene rings is 1. The molecule has 1 saturated heterocycles. The fourth-order valence-corrected chi connectivity index (χ4v) is 1.51. The molecule has 1 aromatic rings. The molecular formula is C10H10NO. The first kappa shape index (κ1) is 7.35. The van der Waals surface area contributed by atoms with Crippen LogP contribution in [0.1, 0.15) is 17.9 Å². The molecule has 1 N–H and O–H groups in total. The van der Waals surface area contributed by atoms with E-state index in [1.807, 2.05) is 24.3 Å². The topological polar surface area (TPSA) is 29.1 Å². The number of hydrogen-bond donors (Lipinski definition) is 1. The quantitative estimate of drug-likeness (QED) is 0.654. The van der Waals surface area contributed by atoms with Crippen molar-refractivity contribution in [2.75, 3.05) is 6.54 Å². The summed E-state index contributed by atoms with van der Waals surface area (Å²) < 4.78 is 0. The number of carbonyl (C=O) groups excluding carboxylic acids is 1. The molecule has 1 heterocycles. The molecule has 0 spiro atoms. The van der Waals surface area contributed by atoms with Crippen molar-refractivity contribution in [3.63, 3.8) is 0 Å². The minimum Gasteiger partial charge on any atom is -0.355 e. The summed E-state index contributed by atoms with van der Waals surface area (Å²) in [6.45, 7) is 0.781. The number of carbonyl (C=O) groups is 1. The van der Waals surface area contributed by atoms with Crippen molar-refractivity contribution in [1.82, 2.24) is 5.32 Å². The maximum Gasteiger partial charge on any atom is 0.220 e. The highest BCUT2D eigenvalue weighted by Crippen LogP contribution is 2.21. The molecule has 1 radical (unpaired) electrons. The van der Waals surface area contributed by atoms with Crippen molar-refractivity contribution in [1.29, 1.82) is 0 Å². The third-order valence-corrected chi connectivity index (χ3v) is 2.19. The second kappa shape index (κ2) is 2.97. The molecule has 1 aliphatic rings. The lowest BCUT2D eigenvalue weighted by Gasteiger charge is -2.05. The number of nitrogens with one attached hydrogen (secondary N) is 1. The summed E-state index contributed by atoms with van der Waals surface area (Å²) in [5, 5.41) is 2.82. The van der Waals surface area contributed by atoms with Crippen LogP contribution in [0.15, 0.2) is 24.3 Å². The number of rotatable bonds is 1. The zero-order chi connectivity index (χ0) is 8.39. The second-order valence-corrected chi connectivity index (χ2v) is 3.04. The Hall–Kier alpha value is -1.31. The van der Waals surface area contributed by atoms with Crippen LogP contribution < -0.4 is 5.32 Å². The summed E-state index contributed by atoms with van der Waals surface area (Å²) in [6, 6.07) is 10.8. The van der Waals surface area contributed by atoms with Gasteiger partial charge in [0.05, 0.1) is 0 Å². The lowest BCUT2D eigenvalue weighted by Crippen LogP contribution is -2.13. The molecule has 1 unspecified atom stereocenters. The second-order valence-electron chi connectivity index (χ2n) is 3.04. The van der Waals surface area contributed by atoms with Crippen molar-refractivity contribution in [3.8, 4) is 0 Å². The molecule has 12 heavy (non-hydrogen) atoms. The molecule has 2 rings (SSSR count). The summed E-state index contributed by atoms with van der Waals surface area (Å²) >= 11 is 0. The van der Waals surface area contributed by atoms with Gasteiger partial charge in [-0.05, 0) is 11.6 Å². The van der Waals surface area contributed by atoms with E-state index in [4.69, 9.17) is 0 Å². The van der Waals surface area contributed by atoms with Crippen molar-refractivity contribution < 1.29 is 4.79 Å². The Kier molecular flexibility index (Phi) is 1.82. The standard InChI is InChI=1S/C10H10NO/c12-10-6-9(7-11-10)8-4-2-1-3-5-8/h2-5,9H,6-7H2,(H,11,12). The van der Waals surface area contributed by atoms with Gasteiger partial charge in [-0.15, -0.1) is 0 Å². The van der Waals surface area contributed by atoms with Crippen molar-refractivity contribution >= 4 is 5.91 Å². The van der Waals surface area contributed by atoms with Gasteiger partial charge in [-0.25, -0.2) is 0 Å². The highest BCUT2D eigenvalue weighted by molar-refractivity contribution is 5.79. The van der Waals surface area contributed by atoms with Crippen molar-refractivity contribution in [2.45, 2.75) is 12.3 Å². The van der Waals surface area contributed by atoms with Gasteiger partial charge in [0, 0.05) is 18.9 Å². The van der Waals surface area contributed by atoms with Crippen LogP contribution in [0.5, 0.6) is 0 Å². The first-order valence-corrected chi connectivity index (χ1v) is 4.09. The Balaban J connectivity index is 2.16. The molecule has 1 fully saturated rings. The first-order chi connectivity index (χ1) is 5.86. The van der Waals surface area contributed by atoms with Crippen LogP contribution in [0.2, 0.25) is 0 Å². The van der Waals surface area contributed by atoms with Gasteiger partial charge in [-0.1, -0.05) is 24.3 Å². The van der Waals surface area contributed by atoms with E-state index >= 15 is 0 Å². The maximum atomic E-state index is 10.9. The van der Waals surface area contributed by atoms with Gasteiger partial charge in [0.15, 0.2) is 0 Å². The van der Waals surface area contributed by atoms with E-state index < -0.39 is 0 Å². The molecule has 0 saturated carbocycles. The van der Waals surface area contributed by atoms with Crippen LogP contribution in [-0.2, 0) is 4.79 Å². The van der Waals surface area contributed by atoms with E-state index in [-0.39, 0.29) is 5.91 Å². The monoisotopic (exact) mass is 160 g/mol. The minimum absolute atomic E-state index is 0.160. The van der Waals surface area contributed by atoms with Crippen molar-refractivity contribution in [3.05, 3.63) is 35.9 Å². The van der Waals surface area contributed by atoms with Crippen LogP contribution in [0.25, 0.3) is 0 Å². The normalized spacial score (nSPS) is 22.3. The van der Waals surface area contributed by atoms with Gasteiger partial charge < -0.3 is 5.32 Å². The summed E-state index contributed by atoms with van der Waals surface area (Å²) in [7, 11) is 0. The van der Waals surface area contributed by atoms with E-state index in [2.05, 4.69) is 11.4 Å². The summed E-state index contributed by atoms with van der Waals surface area (Å²) in [5.41, 5.74) is 1.23. The van der Waals surface area contributed by atoms with Crippen LogP contribution in [0.3, 0.4) is 0 Å². The highest BCUT2D eigenvalue weighted by atomic mass is 16.1. The molecule has 1 aromatic carbocycles. The molecular weight excluding hydrogens is 150 g/mol. The SMILES string of the molecule is O=C1CC(c2cc[c]cc2)CN1. The molecule has 1 atom stereocenters. The molecule has 0 aliphatic carbocycles. The molecule has 61 valence electrons. The van der Waals surface area contributed by atoms with Gasteiger partial charge in [0.1, 0.15) is 0 Å². The van der Waals surface area contributed by atoms with E-state index in [0.717, 1.165) is 6.54 Å². The van der Waals surface area contributed by atoms with E-state index in [9.17, 15) is 4.79 Å². The average Bonchev–Trinajstić information content (AvgIpc) is 2.54. The van der Waals surface area contributed by atoms with Gasteiger partial charge in [0.2, 0.25) is 5.91 Å². The van der Waals surface area contributed by atoms with Gasteiger partial charge in [-0.2, -0.15) is 0 Å². The predicted molar refractivity (Wildman–Crippen MR) is 45.6 cm³/mol. The van der Waals surface area contributed by atoms with E-state index in [1.54, 1.807) is 0 Å².